The number of halogens is 6. The van der Waals surface area contributed by atoms with Gasteiger partial charge in [0.25, 0.3) is 0 Å². The van der Waals surface area contributed by atoms with Crippen molar-refractivity contribution < 1.29 is 0 Å². The van der Waals surface area contributed by atoms with E-state index < -0.39 is 32.3 Å². The lowest BCUT2D eigenvalue weighted by Gasteiger charge is -2.37. The minimum Gasteiger partial charge on any atom is -0.344 e. The van der Waals surface area contributed by atoms with Gasteiger partial charge in [0.05, 0.1) is 32.3 Å². The van der Waals surface area contributed by atoms with Crippen molar-refractivity contribution in [3.8, 4) is 0 Å². The van der Waals surface area contributed by atoms with Crippen LogP contribution in [0.2, 0.25) is 0 Å². The highest BCUT2D eigenvalue weighted by Gasteiger charge is 2.46. The van der Waals surface area contributed by atoms with Gasteiger partial charge in [-0.15, -0.1) is 82.8 Å². The van der Waals surface area contributed by atoms with E-state index >= 15 is 0 Å². The molecule has 100 valence electrons. The average Bonchev–Trinajstić information content (AvgIpc) is 2.24. The fraction of sp³-hybridized carbons (Fsp3) is 0.750. The molecule has 1 aliphatic rings. The maximum absolute atomic E-state index is 5.88. The van der Waals surface area contributed by atoms with E-state index in [9.17, 15) is 0 Å². The predicted octanol–water partition coefficient (Wildman–Crippen LogP) is 4.77. The lowest BCUT2D eigenvalue weighted by Crippen LogP contribution is -2.52. The second-order valence-electron chi connectivity index (χ2n) is 2.67. The Morgan fingerprint density at radius 2 is 0.500 bits per heavy atom. The van der Waals surface area contributed by atoms with Gasteiger partial charge < -0.3 is 12.3 Å². The summed E-state index contributed by atoms with van der Waals surface area (Å²) in [5, 5.41) is -2.62. The molecule has 1 aliphatic carbocycles. The summed E-state index contributed by atoms with van der Waals surface area (Å²) in [6.45, 7) is 6.00. The molecule has 0 heterocycles. The second kappa shape index (κ2) is 10.3. The summed E-state index contributed by atoms with van der Waals surface area (Å²) in [6.07, 6.45) is 0. The Bertz CT molecular complexity index is 125. The summed E-state index contributed by atoms with van der Waals surface area (Å²) in [4.78, 5) is 0. The first kappa shape index (κ1) is 22.6. The van der Waals surface area contributed by atoms with E-state index in [1.54, 1.807) is 0 Å². The van der Waals surface area contributed by atoms with Gasteiger partial charge in [-0.1, -0.05) is 0 Å². The van der Waals surface area contributed by atoms with E-state index in [2.05, 4.69) is 13.2 Å². The molecular weight excluding hydrogens is 337 g/mol. The topological polar surface area (TPSA) is 70.0 Å². The number of rotatable bonds is 0. The average molecular weight is 353 g/mol. The third-order valence-corrected chi connectivity index (χ3v) is 5.86. The molecule has 6 N–H and O–H groups in total. The monoisotopic (exact) mass is 350 g/mol. The molecule has 0 radical (unpaired) electrons. The summed E-state index contributed by atoms with van der Waals surface area (Å²) in [5.41, 5.74) is 0. The minimum absolute atomic E-state index is 0. The Morgan fingerprint density at radius 1 is 0.438 bits per heavy atom. The summed E-state index contributed by atoms with van der Waals surface area (Å²) in [5.74, 6) is 0. The van der Waals surface area contributed by atoms with Gasteiger partial charge in [0.1, 0.15) is 0 Å². The molecule has 2 nitrogen and oxygen atoms in total. The van der Waals surface area contributed by atoms with Crippen LogP contribution in [0.4, 0.5) is 0 Å². The zero-order valence-electron chi connectivity index (χ0n) is 8.56. The SMILES string of the molecule is C=C.Cl[C@H]1[C@H](Cl)[C@@H](Cl)[C@@H](Cl)[C@H](Cl)[C@H]1Cl.N.N. The molecule has 1 fully saturated rings. The first-order chi connectivity index (χ1) is 6.46. The molecular formula is C8H16Cl6N2. The molecule has 0 amide bonds. The van der Waals surface area contributed by atoms with Crippen molar-refractivity contribution in [2.75, 3.05) is 0 Å². The Kier molecular flexibility index (Phi) is 14.6. The Labute approximate surface area is 127 Å². The van der Waals surface area contributed by atoms with E-state index in [1.165, 1.54) is 0 Å². The van der Waals surface area contributed by atoms with Crippen LogP contribution in [-0.4, -0.2) is 32.3 Å². The quantitative estimate of drug-likeness (QED) is 0.487. The molecule has 0 aromatic heterocycles. The van der Waals surface area contributed by atoms with Gasteiger partial charge in [0, 0.05) is 0 Å². The van der Waals surface area contributed by atoms with E-state index in [4.69, 9.17) is 69.6 Å². The predicted molar refractivity (Wildman–Crippen MR) is 79.1 cm³/mol. The molecule has 0 atom stereocenters. The normalized spacial score (nSPS) is 41.9. The standard InChI is InChI=1S/C6H6Cl6.C2H4.2H3N/c7-1-2(8)4(10)6(12)5(11)3(1)9;1-2;;/h1-6H;1-2H2;2*1H3/t1-,2-,3-,4+,5+,6+;;;. The second-order valence-corrected chi connectivity index (χ2v) is 5.69. The number of alkyl halides is 6. The van der Waals surface area contributed by atoms with Crippen LogP contribution in [0.25, 0.3) is 0 Å². The molecule has 16 heavy (non-hydrogen) atoms. The minimum atomic E-state index is -0.437. The highest BCUT2D eigenvalue weighted by molar-refractivity contribution is 6.45. The van der Waals surface area contributed by atoms with Gasteiger partial charge in [-0.3, -0.25) is 0 Å². The molecule has 0 spiro atoms. The van der Waals surface area contributed by atoms with Gasteiger partial charge in [-0.25, -0.2) is 0 Å². The van der Waals surface area contributed by atoms with Crippen molar-refractivity contribution in [1.82, 2.24) is 12.3 Å². The fourth-order valence-electron chi connectivity index (χ4n) is 1.05. The molecule has 0 unspecified atom stereocenters. The highest BCUT2D eigenvalue weighted by Crippen LogP contribution is 2.39. The van der Waals surface area contributed by atoms with Crippen LogP contribution in [0, 0.1) is 0 Å². The van der Waals surface area contributed by atoms with Gasteiger partial charge in [0.15, 0.2) is 0 Å². The molecule has 0 aromatic rings. The maximum atomic E-state index is 5.88. The van der Waals surface area contributed by atoms with Gasteiger partial charge >= 0.3 is 0 Å². The fourth-order valence-corrected chi connectivity index (χ4v) is 3.38. The lowest BCUT2D eigenvalue weighted by molar-refractivity contribution is 0.544. The summed E-state index contributed by atoms with van der Waals surface area (Å²) >= 11 is 35.3. The van der Waals surface area contributed by atoms with Crippen LogP contribution in [0.1, 0.15) is 0 Å². The summed E-state index contributed by atoms with van der Waals surface area (Å²) in [7, 11) is 0. The van der Waals surface area contributed by atoms with E-state index in [0.717, 1.165) is 0 Å². The van der Waals surface area contributed by atoms with Crippen molar-refractivity contribution >= 4 is 69.6 Å². The number of hydrogen-bond acceptors (Lipinski definition) is 2. The van der Waals surface area contributed by atoms with Crippen LogP contribution in [-0.2, 0) is 0 Å². The smallest absolute Gasteiger partial charge is 0.0693 e. The first-order valence-corrected chi connectivity index (χ1v) is 6.43. The molecule has 8 heteroatoms. The van der Waals surface area contributed by atoms with E-state index in [1.807, 2.05) is 0 Å². The zero-order valence-corrected chi connectivity index (χ0v) is 13.1. The Morgan fingerprint density at radius 3 is 0.562 bits per heavy atom. The van der Waals surface area contributed by atoms with Crippen LogP contribution in [0.15, 0.2) is 13.2 Å². The van der Waals surface area contributed by atoms with E-state index in [0.29, 0.717) is 0 Å². The Balaban J connectivity index is -0.000000399. The lowest BCUT2D eigenvalue weighted by atomic mass is 9.97. The van der Waals surface area contributed by atoms with Crippen molar-refractivity contribution in [2.24, 2.45) is 0 Å². The van der Waals surface area contributed by atoms with Crippen molar-refractivity contribution in [1.29, 1.82) is 0 Å². The van der Waals surface area contributed by atoms with Crippen LogP contribution in [0.5, 0.6) is 0 Å². The molecule has 0 aromatic carbocycles. The van der Waals surface area contributed by atoms with Gasteiger partial charge in [-0.2, -0.15) is 0 Å². The summed E-state index contributed by atoms with van der Waals surface area (Å²) < 4.78 is 0. The van der Waals surface area contributed by atoms with Crippen LogP contribution >= 0.6 is 69.6 Å². The van der Waals surface area contributed by atoms with Gasteiger partial charge in [0.2, 0.25) is 0 Å². The van der Waals surface area contributed by atoms with Crippen LogP contribution in [0.3, 0.4) is 0 Å². The van der Waals surface area contributed by atoms with Crippen molar-refractivity contribution in [3.63, 3.8) is 0 Å². The van der Waals surface area contributed by atoms with Gasteiger partial charge in [-0.05, 0) is 0 Å². The number of hydrogen-bond donors (Lipinski definition) is 2. The van der Waals surface area contributed by atoms with Crippen LogP contribution < -0.4 is 12.3 Å². The van der Waals surface area contributed by atoms with Crippen molar-refractivity contribution in [3.05, 3.63) is 13.2 Å². The molecule has 1 saturated carbocycles. The molecule has 0 aliphatic heterocycles. The third-order valence-electron chi connectivity index (χ3n) is 1.83. The highest BCUT2D eigenvalue weighted by atomic mass is 35.5. The molecule has 1 rings (SSSR count). The third kappa shape index (κ3) is 4.95. The summed E-state index contributed by atoms with van der Waals surface area (Å²) in [6, 6.07) is 0. The molecule has 0 saturated heterocycles. The van der Waals surface area contributed by atoms with Crippen molar-refractivity contribution in [2.45, 2.75) is 32.3 Å². The Hall–Kier alpha value is 1.40. The van der Waals surface area contributed by atoms with E-state index in [-0.39, 0.29) is 12.3 Å². The zero-order chi connectivity index (χ0) is 11.5. The first-order valence-electron chi connectivity index (χ1n) is 3.81. The largest absolute Gasteiger partial charge is 0.344 e. The maximum Gasteiger partial charge on any atom is 0.0693 e. The molecule has 0 bridgehead atoms.